The lowest BCUT2D eigenvalue weighted by molar-refractivity contribution is -0.138. The number of nitrogens with two attached hydrogens (primary N) is 1. The Kier molecular flexibility index (Phi) is 5.64. The third-order valence-corrected chi connectivity index (χ3v) is 4.78. The Bertz CT molecular complexity index is 290. The predicted octanol–water partition coefficient (Wildman–Crippen LogP) is 1.92. The van der Waals surface area contributed by atoms with Crippen LogP contribution in [0, 0.1) is 5.92 Å². The molecule has 1 heterocycles. The van der Waals surface area contributed by atoms with Crippen LogP contribution in [0.15, 0.2) is 0 Å². The lowest BCUT2D eigenvalue weighted by atomic mass is 9.86. The maximum atomic E-state index is 12.5. The predicted molar refractivity (Wildman–Crippen MR) is 75.8 cm³/mol. The van der Waals surface area contributed by atoms with Gasteiger partial charge in [-0.25, -0.2) is 0 Å². The molecule has 1 aliphatic heterocycles. The van der Waals surface area contributed by atoms with Gasteiger partial charge in [0.2, 0.25) is 5.91 Å². The number of amides is 1. The van der Waals surface area contributed by atoms with Gasteiger partial charge in [0.25, 0.3) is 0 Å². The summed E-state index contributed by atoms with van der Waals surface area (Å²) < 4.78 is 5.41. The summed E-state index contributed by atoms with van der Waals surface area (Å²) in [6.07, 6.45) is 9.23. The highest BCUT2D eigenvalue weighted by molar-refractivity contribution is 5.77. The van der Waals surface area contributed by atoms with E-state index in [4.69, 9.17) is 10.5 Å². The van der Waals surface area contributed by atoms with Crippen molar-refractivity contribution in [3.63, 3.8) is 0 Å². The van der Waals surface area contributed by atoms with Crippen molar-refractivity contribution in [1.82, 2.24) is 4.90 Å². The van der Waals surface area contributed by atoms with Crippen molar-refractivity contribution in [2.45, 2.75) is 63.5 Å². The van der Waals surface area contributed by atoms with E-state index in [1.165, 1.54) is 32.1 Å². The summed E-state index contributed by atoms with van der Waals surface area (Å²) in [5, 5.41) is 0. The van der Waals surface area contributed by atoms with Crippen LogP contribution in [0.5, 0.6) is 0 Å². The molecular weight excluding hydrogens is 240 g/mol. The van der Waals surface area contributed by atoms with Gasteiger partial charge in [-0.3, -0.25) is 4.79 Å². The Balaban J connectivity index is 1.86. The lowest BCUT2D eigenvalue weighted by Gasteiger charge is -2.39. The molecule has 4 nitrogen and oxygen atoms in total. The fourth-order valence-electron chi connectivity index (χ4n) is 3.54. The molecule has 1 amide bonds. The Morgan fingerprint density at radius 2 is 2.00 bits per heavy atom. The normalized spacial score (nSPS) is 29.5. The maximum Gasteiger partial charge on any atom is 0.223 e. The van der Waals surface area contributed by atoms with Crippen molar-refractivity contribution >= 4 is 5.91 Å². The third-order valence-electron chi connectivity index (χ3n) is 4.78. The van der Waals surface area contributed by atoms with E-state index in [-0.39, 0.29) is 12.1 Å². The molecular formula is C15H28N2O2. The molecule has 1 aliphatic carbocycles. The van der Waals surface area contributed by atoms with Crippen molar-refractivity contribution < 1.29 is 9.53 Å². The maximum absolute atomic E-state index is 12.5. The van der Waals surface area contributed by atoms with Gasteiger partial charge >= 0.3 is 0 Å². The number of rotatable bonds is 4. The van der Waals surface area contributed by atoms with Gasteiger partial charge in [0, 0.05) is 32.7 Å². The summed E-state index contributed by atoms with van der Waals surface area (Å²) in [7, 11) is 1.75. The average Bonchev–Trinajstić information content (AvgIpc) is 2.47. The second-order valence-electron chi connectivity index (χ2n) is 6.07. The monoisotopic (exact) mass is 268 g/mol. The van der Waals surface area contributed by atoms with Gasteiger partial charge in [0.05, 0.1) is 6.10 Å². The number of methoxy groups -OCH3 is 1. The molecule has 2 fully saturated rings. The lowest BCUT2D eigenvalue weighted by Crippen LogP contribution is -2.51. The fourth-order valence-corrected chi connectivity index (χ4v) is 3.54. The van der Waals surface area contributed by atoms with Crippen LogP contribution in [0.25, 0.3) is 0 Å². The number of piperidine rings is 1. The molecule has 2 atom stereocenters. The van der Waals surface area contributed by atoms with E-state index < -0.39 is 0 Å². The van der Waals surface area contributed by atoms with Crippen LogP contribution in [0.2, 0.25) is 0 Å². The van der Waals surface area contributed by atoms with Crippen molar-refractivity contribution in [1.29, 1.82) is 0 Å². The van der Waals surface area contributed by atoms with Crippen LogP contribution in [-0.4, -0.2) is 43.2 Å². The van der Waals surface area contributed by atoms with Gasteiger partial charge in [-0.1, -0.05) is 19.3 Å². The van der Waals surface area contributed by atoms with Gasteiger partial charge in [-0.15, -0.1) is 0 Å². The smallest absolute Gasteiger partial charge is 0.223 e. The molecule has 2 rings (SSSR count). The van der Waals surface area contributed by atoms with Crippen LogP contribution in [0.3, 0.4) is 0 Å². The van der Waals surface area contributed by atoms with Crippen LogP contribution >= 0.6 is 0 Å². The van der Waals surface area contributed by atoms with Gasteiger partial charge < -0.3 is 15.4 Å². The number of carbonyl (C=O) groups is 1. The number of carbonyl (C=O) groups excluding carboxylic acids is 1. The van der Waals surface area contributed by atoms with E-state index in [0.29, 0.717) is 18.4 Å². The van der Waals surface area contributed by atoms with Gasteiger partial charge in [0.1, 0.15) is 0 Å². The fraction of sp³-hybridized carbons (Fsp3) is 0.933. The van der Waals surface area contributed by atoms with Crippen molar-refractivity contribution in [3.05, 3.63) is 0 Å². The highest BCUT2D eigenvalue weighted by atomic mass is 16.5. The second kappa shape index (κ2) is 7.25. The highest BCUT2D eigenvalue weighted by Crippen LogP contribution is 2.28. The molecule has 0 aromatic carbocycles. The third kappa shape index (κ3) is 3.93. The zero-order valence-electron chi connectivity index (χ0n) is 12.1. The molecule has 110 valence electrons. The summed E-state index contributed by atoms with van der Waals surface area (Å²) in [5.41, 5.74) is 5.83. The van der Waals surface area contributed by atoms with Crippen molar-refractivity contribution in [2.75, 3.05) is 20.2 Å². The van der Waals surface area contributed by atoms with Crippen LogP contribution in [-0.2, 0) is 9.53 Å². The second-order valence-corrected chi connectivity index (χ2v) is 6.07. The van der Waals surface area contributed by atoms with E-state index >= 15 is 0 Å². The average molecular weight is 268 g/mol. The molecule has 2 aliphatic rings. The first kappa shape index (κ1) is 14.8. The van der Waals surface area contributed by atoms with E-state index in [2.05, 4.69) is 0 Å². The zero-order chi connectivity index (χ0) is 13.7. The molecule has 0 radical (unpaired) electrons. The standard InChI is InChI=1S/C15H28N2O2/c1-19-14-7-8-17(13(10-14)11-16)15(18)9-12-5-3-2-4-6-12/h12-14H,2-11,16H2,1H3. The van der Waals surface area contributed by atoms with Gasteiger partial charge in [-0.2, -0.15) is 0 Å². The number of likely N-dealkylation sites (tertiary alicyclic amines) is 1. The summed E-state index contributed by atoms with van der Waals surface area (Å²) in [6.45, 7) is 1.36. The molecule has 0 aromatic rings. The Morgan fingerprint density at radius 3 is 2.63 bits per heavy atom. The molecule has 0 bridgehead atoms. The quantitative estimate of drug-likeness (QED) is 0.847. The van der Waals surface area contributed by atoms with Gasteiger partial charge in [-0.05, 0) is 31.6 Å². The molecule has 19 heavy (non-hydrogen) atoms. The summed E-state index contributed by atoms with van der Waals surface area (Å²) in [5.74, 6) is 0.928. The molecule has 0 aromatic heterocycles. The number of nitrogens with zero attached hydrogens (tertiary/aromatic N) is 1. The minimum Gasteiger partial charge on any atom is -0.381 e. The first-order chi connectivity index (χ1) is 9.24. The molecule has 0 spiro atoms. The van der Waals surface area contributed by atoms with Crippen molar-refractivity contribution in [3.8, 4) is 0 Å². The largest absolute Gasteiger partial charge is 0.381 e. The number of hydrogen-bond acceptors (Lipinski definition) is 3. The van der Waals surface area contributed by atoms with Crippen molar-refractivity contribution in [2.24, 2.45) is 11.7 Å². The number of ether oxygens (including phenoxy) is 1. The van der Waals surface area contributed by atoms with Crippen LogP contribution in [0.1, 0.15) is 51.4 Å². The van der Waals surface area contributed by atoms with Crippen LogP contribution < -0.4 is 5.73 Å². The summed E-state index contributed by atoms with van der Waals surface area (Å²) >= 11 is 0. The zero-order valence-corrected chi connectivity index (χ0v) is 12.1. The molecule has 1 saturated heterocycles. The highest BCUT2D eigenvalue weighted by Gasteiger charge is 2.31. The molecule has 1 saturated carbocycles. The molecule has 2 unspecified atom stereocenters. The first-order valence-electron chi connectivity index (χ1n) is 7.77. The SMILES string of the molecule is COC1CCN(C(=O)CC2CCCCC2)C(CN)C1. The summed E-state index contributed by atoms with van der Waals surface area (Å²) in [4.78, 5) is 14.5. The Morgan fingerprint density at radius 1 is 1.26 bits per heavy atom. The Labute approximate surface area is 116 Å². The molecule has 2 N–H and O–H groups in total. The minimum atomic E-state index is 0.176. The number of hydrogen-bond donors (Lipinski definition) is 1. The summed E-state index contributed by atoms with van der Waals surface area (Å²) in [6, 6.07) is 0.176. The van der Waals surface area contributed by atoms with E-state index in [9.17, 15) is 4.79 Å². The van der Waals surface area contributed by atoms with Gasteiger partial charge in [0.15, 0.2) is 0 Å². The van der Waals surface area contributed by atoms with E-state index in [1.54, 1.807) is 7.11 Å². The first-order valence-corrected chi connectivity index (χ1v) is 7.77. The van der Waals surface area contributed by atoms with E-state index in [1.807, 2.05) is 4.90 Å². The van der Waals surface area contributed by atoms with E-state index in [0.717, 1.165) is 25.8 Å². The molecule has 4 heteroatoms. The minimum absolute atomic E-state index is 0.176. The Hall–Kier alpha value is -0.610. The van der Waals surface area contributed by atoms with Crippen LogP contribution in [0.4, 0.5) is 0 Å². The topological polar surface area (TPSA) is 55.6 Å².